The highest BCUT2D eigenvalue weighted by molar-refractivity contribution is 8.15. The fourth-order valence-corrected chi connectivity index (χ4v) is 5.93. The average Bonchev–Trinajstić information content (AvgIpc) is 2.47. The molecule has 2 heterocycles. The summed E-state index contributed by atoms with van der Waals surface area (Å²) in [6, 6.07) is 0.0671. The lowest BCUT2D eigenvalue weighted by Gasteiger charge is -2.22. The molecule has 14 heavy (non-hydrogen) atoms. The van der Waals surface area contributed by atoms with Crippen molar-refractivity contribution in [3.8, 4) is 0 Å². The van der Waals surface area contributed by atoms with Gasteiger partial charge < -0.3 is 4.90 Å². The molecular formula is C8H14N2O2S2. The maximum atomic E-state index is 11.4. The molecule has 6 heteroatoms. The van der Waals surface area contributed by atoms with Gasteiger partial charge in [-0.2, -0.15) is 0 Å². The SMILES string of the molecule is CCCN1C(=N)S[C@H]2CS(=O)(=O)C[C@@H]21. The second kappa shape index (κ2) is 3.41. The molecule has 2 saturated heterocycles. The summed E-state index contributed by atoms with van der Waals surface area (Å²) in [5, 5.41) is 8.39. The highest BCUT2D eigenvalue weighted by Crippen LogP contribution is 2.37. The lowest BCUT2D eigenvalue weighted by atomic mass is 10.2. The van der Waals surface area contributed by atoms with Gasteiger partial charge in [-0.3, -0.25) is 5.41 Å². The first-order chi connectivity index (χ1) is 6.53. The summed E-state index contributed by atoms with van der Waals surface area (Å²) in [6.45, 7) is 2.86. The number of amidine groups is 1. The summed E-state index contributed by atoms with van der Waals surface area (Å²) in [7, 11) is -2.84. The molecular weight excluding hydrogens is 220 g/mol. The van der Waals surface area contributed by atoms with Crippen molar-refractivity contribution >= 4 is 26.8 Å². The quantitative estimate of drug-likeness (QED) is 0.758. The highest BCUT2D eigenvalue weighted by Gasteiger charge is 2.47. The molecule has 2 aliphatic rings. The molecule has 0 aromatic rings. The van der Waals surface area contributed by atoms with Crippen LogP contribution in [0, 0.1) is 5.41 Å². The van der Waals surface area contributed by atoms with E-state index in [4.69, 9.17) is 5.41 Å². The van der Waals surface area contributed by atoms with Gasteiger partial charge >= 0.3 is 0 Å². The second-order valence-corrected chi connectivity index (χ2v) is 7.18. The minimum Gasteiger partial charge on any atom is -0.346 e. The Kier molecular flexibility index (Phi) is 2.51. The van der Waals surface area contributed by atoms with Crippen LogP contribution in [-0.2, 0) is 9.84 Å². The summed E-state index contributed by atoms with van der Waals surface area (Å²) in [5.74, 6) is 0.498. The normalized spacial score (nSPS) is 34.9. The third-order valence-corrected chi connectivity index (χ3v) is 5.83. The Morgan fingerprint density at radius 3 is 2.93 bits per heavy atom. The third-order valence-electron chi connectivity index (χ3n) is 2.66. The van der Waals surface area contributed by atoms with Crippen molar-refractivity contribution in [2.75, 3.05) is 18.1 Å². The van der Waals surface area contributed by atoms with E-state index in [1.54, 1.807) is 0 Å². The van der Waals surface area contributed by atoms with Crippen LogP contribution in [0.2, 0.25) is 0 Å². The van der Waals surface area contributed by atoms with Gasteiger partial charge in [-0.15, -0.1) is 0 Å². The molecule has 0 aliphatic carbocycles. The molecule has 0 spiro atoms. The number of nitrogens with zero attached hydrogens (tertiary/aromatic N) is 1. The van der Waals surface area contributed by atoms with Crippen LogP contribution in [0.4, 0.5) is 0 Å². The van der Waals surface area contributed by atoms with Crippen LogP contribution in [0.15, 0.2) is 0 Å². The van der Waals surface area contributed by atoms with Gasteiger partial charge in [-0.25, -0.2) is 8.42 Å². The Hall–Kier alpha value is -0.230. The number of thioether (sulfide) groups is 1. The molecule has 0 radical (unpaired) electrons. The molecule has 0 bridgehead atoms. The van der Waals surface area contributed by atoms with E-state index in [1.807, 2.05) is 4.90 Å². The molecule has 80 valence electrons. The van der Waals surface area contributed by atoms with Crippen molar-refractivity contribution in [2.24, 2.45) is 0 Å². The number of nitrogens with one attached hydrogen (secondary N) is 1. The molecule has 2 rings (SSSR count). The van der Waals surface area contributed by atoms with E-state index in [0.717, 1.165) is 13.0 Å². The summed E-state index contributed by atoms with van der Waals surface area (Å²) < 4.78 is 22.8. The summed E-state index contributed by atoms with van der Waals surface area (Å²) in [6.07, 6.45) is 0.964. The van der Waals surface area contributed by atoms with Gasteiger partial charge in [-0.1, -0.05) is 18.7 Å². The van der Waals surface area contributed by atoms with Gasteiger partial charge in [0.05, 0.1) is 17.5 Å². The predicted octanol–water partition coefficient (Wildman–Crippen LogP) is 0.546. The summed E-state index contributed by atoms with van der Waals surface area (Å²) in [5.41, 5.74) is 0. The maximum Gasteiger partial charge on any atom is 0.157 e. The first kappa shape index (κ1) is 10.3. The highest BCUT2D eigenvalue weighted by atomic mass is 32.2. The van der Waals surface area contributed by atoms with Gasteiger partial charge in [0, 0.05) is 11.8 Å². The molecule has 0 aromatic heterocycles. The molecule has 1 N–H and O–H groups in total. The van der Waals surface area contributed by atoms with E-state index in [-0.39, 0.29) is 22.8 Å². The number of fused-ring (bicyclic) bond motifs is 1. The largest absolute Gasteiger partial charge is 0.346 e. The van der Waals surface area contributed by atoms with Crippen molar-refractivity contribution in [3.05, 3.63) is 0 Å². The summed E-state index contributed by atoms with van der Waals surface area (Å²) >= 11 is 1.42. The molecule has 4 nitrogen and oxygen atoms in total. The van der Waals surface area contributed by atoms with Crippen molar-refractivity contribution in [1.82, 2.24) is 4.90 Å². The topological polar surface area (TPSA) is 61.2 Å². The number of hydrogen-bond acceptors (Lipinski definition) is 4. The monoisotopic (exact) mass is 234 g/mol. The van der Waals surface area contributed by atoms with E-state index in [1.165, 1.54) is 11.8 Å². The Labute approximate surface area is 88.5 Å². The van der Waals surface area contributed by atoms with Crippen LogP contribution in [0.1, 0.15) is 13.3 Å². The molecule has 0 unspecified atom stereocenters. The minimum absolute atomic E-state index is 0.0671. The van der Waals surface area contributed by atoms with E-state index in [0.29, 0.717) is 5.17 Å². The lowest BCUT2D eigenvalue weighted by molar-refractivity contribution is 0.356. The Morgan fingerprint density at radius 1 is 1.57 bits per heavy atom. The van der Waals surface area contributed by atoms with Crippen molar-refractivity contribution in [2.45, 2.75) is 24.6 Å². The molecule has 2 atom stereocenters. The minimum atomic E-state index is -2.84. The van der Waals surface area contributed by atoms with Crippen LogP contribution in [0.3, 0.4) is 0 Å². The van der Waals surface area contributed by atoms with Crippen LogP contribution >= 0.6 is 11.8 Å². The van der Waals surface area contributed by atoms with Crippen molar-refractivity contribution in [1.29, 1.82) is 5.41 Å². The Bertz CT molecular complexity index is 352. The van der Waals surface area contributed by atoms with Crippen molar-refractivity contribution < 1.29 is 8.42 Å². The zero-order valence-electron chi connectivity index (χ0n) is 8.06. The number of rotatable bonds is 2. The first-order valence-corrected chi connectivity index (χ1v) is 7.46. The maximum absolute atomic E-state index is 11.4. The fraction of sp³-hybridized carbons (Fsp3) is 0.875. The molecule has 0 saturated carbocycles. The van der Waals surface area contributed by atoms with Gasteiger partial charge in [0.25, 0.3) is 0 Å². The Balaban J connectivity index is 2.17. The van der Waals surface area contributed by atoms with E-state index in [9.17, 15) is 8.42 Å². The van der Waals surface area contributed by atoms with E-state index in [2.05, 4.69) is 6.92 Å². The zero-order valence-corrected chi connectivity index (χ0v) is 9.70. The lowest BCUT2D eigenvalue weighted by Crippen LogP contribution is -2.37. The van der Waals surface area contributed by atoms with Gasteiger partial charge in [0.2, 0.25) is 0 Å². The molecule has 2 fully saturated rings. The molecule has 0 aromatic carbocycles. The summed E-state index contributed by atoms with van der Waals surface area (Å²) in [4.78, 5) is 1.94. The molecule has 0 amide bonds. The fourth-order valence-electron chi connectivity index (χ4n) is 2.07. The van der Waals surface area contributed by atoms with Gasteiger partial charge in [0.1, 0.15) is 0 Å². The van der Waals surface area contributed by atoms with Crippen LogP contribution < -0.4 is 0 Å². The number of sulfone groups is 1. The molecule has 2 aliphatic heterocycles. The van der Waals surface area contributed by atoms with Crippen molar-refractivity contribution in [3.63, 3.8) is 0 Å². The van der Waals surface area contributed by atoms with Crippen LogP contribution in [-0.4, -0.2) is 47.8 Å². The first-order valence-electron chi connectivity index (χ1n) is 4.76. The predicted molar refractivity (Wildman–Crippen MR) is 58.5 cm³/mol. The zero-order chi connectivity index (χ0) is 10.3. The average molecular weight is 234 g/mol. The van der Waals surface area contributed by atoms with Gasteiger partial charge in [0.15, 0.2) is 15.0 Å². The number of hydrogen-bond donors (Lipinski definition) is 1. The third kappa shape index (κ3) is 1.65. The van der Waals surface area contributed by atoms with Crippen LogP contribution in [0.25, 0.3) is 0 Å². The standard InChI is InChI=1S/C8H14N2O2S2/c1-2-3-10-6-4-14(11,12)5-7(6)13-8(10)9/h6-7,9H,2-5H2,1H3/t6-,7-/m0/s1. The van der Waals surface area contributed by atoms with Gasteiger partial charge in [-0.05, 0) is 6.42 Å². The Morgan fingerprint density at radius 2 is 2.29 bits per heavy atom. The van der Waals surface area contributed by atoms with Crippen LogP contribution in [0.5, 0.6) is 0 Å². The smallest absolute Gasteiger partial charge is 0.157 e. The van der Waals surface area contributed by atoms with E-state index >= 15 is 0 Å². The van der Waals surface area contributed by atoms with E-state index < -0.39 is 9.84 Å². The second-order valence-electron chi connectivity index (χ2n) is 3.80.